The minimum atomic E-state index is -0.191. The zero-order chi connectivity index (χ0) is 17.6. The number of hydrogen-bond donors (Lipinski definition) is 0. The molecule has 4 heteroatoms. The van der Waals surface area contributed by atoms with Gasteiger partial charge in [0.2, 0.25) is 0 Å². The molecule has 0 radical (unpaired) electrons. The summed E-state index contributed by atoms with van der Waals surface area (Å²) in [5, 5.41) is 0. The molecular weight excluding hydrogens is 312 g/mol. The molecule has 1 amide bonds. The molecule has 1 aromatic carbocycles. The number of carbonyl (C=O) groups is 1. The lowest BCUT2D eigenvalue weighted by Crippen LogP contribution is -2.36. The van der Waals surface area contributed by atoms with E-state index in [9.17, 15) is 9.59 Å². The second kappa shape index (κ2) is 7.97. The van der Waals surface area contributed by atoms with Crippen molar-refractivity contribution in [1.29, 1.82) is 0 Å². The third-order valence-corrected chi connectivity index (χ3v) is 4.58. The molecule has 0 aliphatic carbocycles. The van der Waals surface area contributed by atoms with Crippen molar-refractivity contribution in [3.05, 3.63) is 70.1 Å². The van der Waals surface area contributed by atoms with Gasteiger partial charge in [0.15, 0.2) is 0 Å². The zero-order valence-electron chi connectivity index (χ0n) is 14.6. The Hall–Kier alpha value is -2.62. The van der Waals surface area contributed by atoms with Crippen LogP contribution >= 0.6 is 0 Å². The molecule has 0 spiro atoms. The number of likely N-dealkylation sites (tertiary alicyclic amines) is 1. The van der Waals surface area contributed by atoms with Gasteiger partial charge >= 0.3 is 0 Å². The van der Waals surface area contributed by atoms with Crippen molar-refractivity contribution in [1.82, 2.24) is 9.47 Å². The van der Waals surface area contributed by atoms with Crippen LogP contribution in [0, 0.1) is 6.92 Å². The van der Waals surface area contributed by atoms with Crippen LogP contribution in [0.3, 0.4) is 0 Å². The summed E-state index contributed by atoms with van der Waals surface area (Å²) < 4.78 is 1.45. The van der Waals surface area contributed by atoms with Gasteiger partial charge in [0.1, 0.15) is 5.70 Å². The average Bonchev–Trinajstić information content (AvgIpc) is 2.91. The molecule has 0 N–H and O–H groups in total. The monoisotopic (exact) mass is 336 g/mol. The van der Waals surface area contributed by atoms with Crippen LogP contribution in [0.4, 0.5) is 0 Å². The van der Waals surface area contributed by atoms with Gasteiger partial charge in [-0.3, -0.25) is 14.2 Å². The Kier molecular flexibility index (Phi) is 5.49. The van der Waals surface area contributed by atoms with Crippen LogP contribution in [0.15, 0.2) is 53.5 Å². The maximum Gasteiger partial charge on any atom is 0.270 e. The van der Waals surface area contributed by atoms with Gasteiger partial charge in [0.05, 0.1) is 0 Å². The number of nitrogens with zero attached hydrogens (tertiary/aromatic N) is 2. The standard InChI is InChI=1S/C21H24N2O2/c1-17-9-11-18(12-10-17)16-19(23-15-7-4-8-20(23)24)21(25)22-13-5-2-3-6-14-22/h4,7-12,15-16H,2-3,5-6,13-14H2,1H3/b19-16+. The molecule has 1 saturated heterocycles. The van der Waals surface area contributed by atoms with Crippen molar-refractivity contribution in [2.75, 3.05) is 13.1 Å². The Morgan fingerprint density at radius 3 is 2.28 bits per heavy atom. The summed E-state index contributed by atoms with van der Waals surface area (Å²) in [5.74, 6) is -0.0734. The normalized spacial score (nSPS) is 15.7. The van der Waals surface area contributed by atoms with Crippen LogP contribution < -0.4 is 5.56 Å². The van der Waals surface area contributed by atoms with Crippen molar-refractivity contribution in [3.63, 3.8) is 0 Å². The van der Waals surface area contributed by atoms with E-state index >= 15 is 0 Å². The molecule has 0 atom stereocenters. The van der Waals surface area contributed by atoms with E-state index < -0.39 is 0 Å². The predicted molar refractivity (Wildman–Crippen MR) is 101 cm³/mol. The van der Waals surface area contributed by atoms with Crippen LogP contribution in [-0.4, -0.2) is 28.5 Å². The van der Waals surface area contributed by atoms with Crippen molar-refractivity contribution >= 4 is 17.7 Å². The van der Waals surface area contributed by atoms with Gasteiger partial charge in [-0.2, -0.15) is 0 Å². The molecule has 1 aliphatic rings. The van der Waals surface area contributed by atoms with Gasteiger partial charge in [-0.15, -0.1) is 0 Å². The number of rotatable bonds is 3. The van der Waals surface area contributed by atoms with Crippen molar-refractivity contribution in [3.8, 4) is 0 Å². The second-order valence-electron chi connectivity index (χ2n) is 6.56. The molecule has 25 heavy (non-hydrogen) atoms. The number of carbonyl (C=O) groups excluding carboxylic acids is 1. The highest BCUT2D eigenvalue weighted by Crippen LogP contribution is 2.17. The minimum absolute atomic E-state index is 0.0734. The van der Waals surface area contributed by atoms with E-state index in [0.717, 1.165) is 49.9 Å². The number of benzene rings is 1. The van der Waals surface area contributed by atoms with Crippen molar-refractivity contribution in [2.45, 2.75) is 32.6 Å². The van der Waals surface area contributed by atoms with E-state index in [1.165, 1.54) is 10.6 Å². The summed E-state index contributed by atoms with van der Waals surface area (Å²) in [6.07, 6.45) is 7.84. The number of aryl methyl sites for hydroxylation is 1. The first-order valence-electron chi connectivity index (χ1n) is 8.91. The van der Waals surface area contributed by atoms with Gasteiger partial charge in [0, 0.05) is 25.4 Å². The SMILES string of the molecule is Cc1ccc(/C=C(\C(=O)N2CCCCCC2)n2ccccc2=O)cc1. The van der Waals surface area contributed by atoms with E-state index in [1.807, 2.05) is 42.2 Å². The molecule has 1 aromatic heterocycles. The van der Waals surface area contributed by atoms with Crippen LogP contribution in [0.5, 0.6) is 0 Å². The van der Waals surface area contributed by atoms with Crippen molar-refractivity contribution in [2.24, 2.45) is 0 Å². The third kappa shape index (κ3) is 4.27. The molecule has 0 unspecified atom stereocenters. The van der Waals surface area contributed by atoms with Crippen LogP contribution in [-0.2, 0) is 4.79 Å². The van der Waals surface area contributed by atoms with E-state index in [0.29, 0.717) is 5.70 Å². The van der Waals surface area contributed by atoms with Gasteiger partial charge in [-0.1, -0.05) is 48.7 Å². The van der Waals surface area contributed by atoms with Crippen LogP contribution in [0.25, 0.3) is 11.8 Å². The number of pyridine rings is 1. The molecule has 2 aromatic rings. The highest BCUT2D eigenvalue weighted by atomic mass is 16.2. The average molecular weight is 336 g/mol. The van der Waals surface area contributed by atoms with E-state index in [1.54, 1.807) is 18.3 Å². The molecule has 1 fully saturated rings. The fourth-order valence-corrected chi connectivity index (χ4v) is 3.12. The molecular formula is C21H24N2O2. The first-order valence-corrected chi connectivity index (χ1v) is 8.91. The fourth-order valence-electron chi connectivity index (χ4n) is 3.12. The van der Waals surface area contributed by atoms with Crippen LogP contribution in [0.2, 0.25) is 0 Å². The maximum absolute atomic E-state index is 13.2. The van der Waals surface area contributed by atoms with Crippen molar-refractivity contribution < 1.29 is 4.79 Å². The molecule has 3 rings (SSSR count). The molecule has 0 bridgehead atoms. The minimum Gasteiger partial charge on any atom is -0.337 e. The largest absolute Gasteiger partial charge is 0.337 e. The summed E-state index contributed by atoms with van der Waals surface area (Å²) in [5.41, 5.74) is 2.30. The molecule has 130 valence electrons. The number of hydrogen-bond acceptors (Lipinski definition) is 2. The van der Waals surface area contributed by atoms with Crippen LogP contribution in [0.1, 0.15) is 36.8 Å². The van der Waals surface area contributed by atoms with Gasteiger partial charge in [-0.05, 0) is 37.5 Å². The van der Waals surface area contributed by atoms with Gasteiger partial charge < -0.3 is 4.90 Å². The van der Waals surface area contributed by atoms with Gasteiger partial charge in [0.25, 0.3) is 11.5 Å². The Morgan fingerprint density at radius 1 is 0.960 bits per heavy atom. The summed E-state index contributed by atoms with van der Waals surface area (Å²) in [6.45, 7) is 3.54. The molecule has 4 nitrogen and oxygen atoms in total. The number of amides is 1. The summed E-state index contributed by atoms with van der Waals surface area (Å²) in [7, 11) is 0. The topological polar surface area (TPSA) is 42.3 Å². The Balaban J connectivity index is 2.02. The summed E-state index contributed by atoms with van der Waals surface area (Å²) in [4.78, 5) is 27.4. The lowest BCUT2D eigenvalue weighted by Gasteiger charge is -2.22. The highest BCUT2D eigenvalue weighted by molar-refractivity contribution is 6.18. The number of aromatic nitrogens is 1. The lowest BCUT2D eigenvalue weighted by atomic mass is 10.1. The quantitative estimate of drug-likeness (QED) is 0.804. The Morgan fingerprint density at radius 2 is 1.64 bits per heavy atom. The fraction of sp³-hybridized carbons (Fsp3) is 0.333. The Labute approximate surface area is 148 Å². The highest BCUT2D eigenvalue weighted by Gasteiger charge is 2.21. The first-order chi connectivity index (χ1) is 12.1. The van der Waals surface area contributed by atoms with Gasteiger partial charge in [-0.25, -0.2) is 0 Å². The summed E-state index contributed by atoms with van der Waals surface area (Å²) >= 11 is 0. The molecule has 1 aliphatic heterocycles. The predicted octanol–water partition coefficient (Wildman–Crippen LogP) is 3.56. The smallest absolute Gasteiger partial charge is 0.270 e. The van der Waals surface area contributed by atoms with E-state index in [2.05, 4.69) is 0 Å². The second-order valence-corrected chi connectivity index (χ2v) is 6.56. The van der Waals surface area contributed by atoms with E-state index in [4.69, 9.17) is 0 Å². The maximum atomic E-state index is 13.2. The summed E-state index contributed by atoms with van der Waals surface area (Å²) in [6, 6.07) is 12.9. The first kappa shape index (κ1) is 17.2. The van der Waals surface area contributed by atoms with E-state index in [-0.39, 0.29) is 11.5 Å². The third-order valence-electron chi connectivity index (χ3n) is 4.58. The zero-order valence-corrected chi connectivity index (χ0v) is 14.6. The molecule has 2 heterocycles. The Bertz CT molecular complexity index is 810. The molecule has 0 saturated carbocycles. The lowest BCUT2D eigenvalue weighted by molar-refractivity contribution is -0.125.